The van der Waals surface area contributed by atoms with Crippen LogP contribution >= 0.6 is 0 Å². The van der Waals surface area contributed by atoms with E-state index in [0.29, 0.717) is 5.82 Å². The van der Waals surface area contributed by atoms with Crippen LogP contribution < -0.4 is 5.56 Å². The monoisotopic (exact) mass is 388 g/mol. The number of aryl methyl sites for hydroxylation is 1. The van der Waals surface area contributed by atoms with Crippen LogP contribution in [0.1, 0.15) is 48.6 Å². The van der Waals surface area contributed by atoms with Gasteiger partial charge in [0.2, 0.25) is 0 Å². The summed E-state index contributed by atoms with van der Waals surface area (Å²) in [5.41, 5.74) is 5.39. The maximum atomic E-state index is 12.4. The van der Waals surface area contributed by atoms with Crippen LogP contribution in [-0.2, 0) is 25.9 Å². The molecule has 1 N–H and O–H groups in total. The first-order chi connectivity index (χ1) is 14.2. The van der Waals surface area contributed by atoms with Gasteiger partial charge in [0.15, 0.2) is 0 Å². The largest absolute Gasteiger partial charge is 0.306 e. The van der Waals surface area contributed by atoms with E-state index < -0.39 is 0 Å². The van der Waals surface area contributed by atoms with Crippen molar-refractivity contribution in [2.45, 2.75) is 52.1 Å². The number of rotatable bonds is 7. The molecule has 0 bridgehead atoms. The minimum atomic E-state index is 0.0280. The van der Waals surface area contributed by atoms with Gasteiger partial charge in [-0.05, 0) is 61.9 Å². The van der Waals surface area contributed by atoms with Crippen LogP contribution in [0.15, 0.2) is 53.6 Å². The van der Waals surface area contributed by atoms with Crippen molar-refractivity contribution in [2.75, 3.05) is 6.54 Å². The van der Waals surface area contributed by atoms with Crippen molar-refractivity contribution in [1.29, 1.82) is 0 Å². The van der Waals surface area contributed by atoms with E-state index in [4.69, 9.17) is 4.98 Å². The predicted molar refractivity (Wildman–Crippen MR) is 116 cm³/mol. The Balaban J connectivity index is 1.50. The van der Waals surface area contributed by atoms with Gasteiger partial charge in [-0.3, -0.25) is 14.7 Å². The molecular formula is C24H28N4O. The van der Waals surface area contributed by atoms with Gasteiger partial charge >= 0.3 is 0 Å². The maximum absolute atomic E-state index is 12.4. The van der Waals surface area contributed by atoms with E-state index in [0.717, 1.165) is 68.6 Å². The molecule has 5 nitrogen and oxygen atoms in total. The van der Waals surface area contributed by atoms with Crippen molar-refractivity contribution in [3.63, 3.8) is 0 Å². The highest BCUT2D eigenvalue weighted by Gasteiger charge is 2.16. The second-order valence-electron chi connectivity index (χ2n) is 7.81. The summed E-state index contributed by atoms with van der Waals surface area (Å²) < 4.78 is 0. The van der Waals surface area contributed by atoms with E-state index in [9.17, 15) is 4.79 Å². The van der Waals surface area contributed by atoms with Crippen LogP contribution in [0, 0.1) is 0 Å². The number of hydrogen-bond donors (Lipinski definition) is 1. The lowest BCUT2D eigenvalue weighted by atomic mass is 9.97. The number of nitrogens with one attached hydrogen (secondary N) is 1. The van der Waals surface area contributed by atoms with Gasteiger partial charge in [-0.1, -0.05) is 31.2 Å². The number of aromatic nitrogens is 3. The zero-order valence-corrected chi connectivity index (χ0v) is 17.0. The van der Waals surface area contributed by atoms with E-state index in [-0.39, 0.29) is 5.56 Å². The fraction of sp³-hybridized carbons (Fsp3) is 0.375. The van der Waals surface area contributed by atoms with Crippen LogP contribution in [0.25, 0.3) is 11.4 Å². The fourth-order valence-electron chi connectivity index (χ4n) is 4.04. The maximum Gasteiger partial charge on any atom is 0.254 e. The van der Waals surface area contributed by atoms with Crippen molar-refractivity contribution < 1.29 is 0 Å². The molecule has 0 saturated heterocycles. The highest BCUT2D eigenvalue weighted by Crippen LogP contribution is 2.21. The molecular weight excluding hydrogens is 360 g/mol. The Hall–Kier alpha value is -2.79. The van der Waals surface area contributed by atoms with Crippen molar-refractivity contribution >= 4 is 0 Å². The molecule has 2 aromatic heterocycles. The first-order valence-electron chi connectivity index (χ1n) is 10.6. The molecule has 29 heavy (non-hydrogen) atoms. The summed E-state index contributed by atoms with van der Waals surface area (Å²) in [6.07, 6.45) is 8.77. The second kappa shape index (κ2) is 9.14. The molecule has 1 aliphatic carbocycles. The lowest BCUT2D eigenvalue weighted by Crippen LogP contribution is -2.23. The van der Waals surface area contributed by atoms with E-state index in [1.54, 1.807) is 0 Å². The van der Waals surface area contributed by atoms with Gasteiger partial charge in [-0.25, -0.2) is 4.98 Å². The Kier molecular flexibility index (Phi) is 6.15. The van der Waals surface area contributed by atoms with Crippen LogP contribution in [0.4, 0.5) is 0 Å². The van der Waals surface area contributed by atoms with Gasteiger partial charge in [-0.2, -0.15) is 0 Å². The molecule has 0 saturated carbocycles. The van der Waals surface area contributed by atoms with E-state index in [1.165, 1.54) is 11.1 Å². The Bertz CT molecular complexity index is 996. The van der Waals surface area contributed by atoms with E-state index in [1.807, 2.05) is 12.4 Å². The van der Waals surface area contributed by atoms with Crippen molar-refractivity contribution in [3.8, 4) is 11.4 Å². The van der Waals surface area contributed by atoms with Gasteiger partial charge < -0.3 is 4.98 Å². The molecule has 0 unspecified atom stereocenters. The fourth-order valence-corrected chi connectivity index (χ4v) is 4.04. The molecule has 5 heteroatoms. The number of nitrogens with zero attached hydrogens (tertiary/aromatic N) is 3. The molecule has 3 aromatic rings. The molecule has 1 aliphatic rings. The van der Waals surface area contributed by atoms with Gasteiger partial charge in [0.1, 0.15) is 5.82 Å². The molecule has 0 spiro atoms. The zero-order valence-electron chi connectivity index (χ0n) is 17.0. The highest BCUT2D eigenvalue weighted by atomic mass is 16.1. The third-order valence-corrected chi connectivity index (χ3v) is 5.52. The van der Waals surface area contributed by atoms with Crippen LogP contribution in [0.2, 0.25) is 0 Å². The summed E-state index contributed by atoms with van der Waals surface area (Å²) in [7, 11) is 0. The number of aromatic amines is 1. The topological polar surface area (TPSA) is 61.9 Å². The lowest BCUT2D eigenvalue weighted by Gasteiger charge is -2.22. The molecule has 2 heterocycles. The van der Waals surface area contributed by atoms with Gasteiger partial charge in [-0.15, -0.1) is 0 Å². The Morgan fingerprint density at radius 3 is 2.38 bits per heavy atom. The summed E-state index contributed by atoms with van der Waals surface area (Å²) >= 11 is 0. The summed E-state index contributed by atoms with van der Waals surface area (Å²) in [6.45, 7) is 5.06. The van der Waals surface area contributed by atoms with Gasteiger partial charge in [0, 0.05) is 36.6 Å². The molecule has 0 aliphatic heterocycles. The quantitative estimate of drug-likeness (QED) is 0.661. The van der Waals surface area contributed by atoms with Crippen LogP contribution in [-0.4, -0.2) is 26.4 Å². The molecule has 4 rings (SSSR count). The number of fused-ring (bicyclic) bond motifs is 1. The Labute approximate surface area is 171 Å². The molecule has 0 radical (unpaired) electrons. The van der Waals surface area contributed by atoms with Crippen molar-refractivity contribution in [1.82, 2.24) is 19.9 Å². The minimum Gasteiger partial charge on any atom is -0.306 e. The predicted octanol–water partition coefficient (Wildman–Crippen LogP) is 4.12. The number of hydrogen-bond acceptors (Lipinski definition) is 4. The Morgan fingerprint density at radius 1 is 0.966 bits per heavy atom. The summed E-state index contributed by atoms with van der Waals surface area (Å²) in [5.74, 6) is 0.685. The summed E-state index contributed by atoms with van der Waals surface area (Å²) in [6, 6.07) is 12.6. The lowest BCUT2D eigenvalue weighted by molar-refractivity contribution is 0.257. The van der Waals surface area contributed by atoms with Crippen molar-refractivity contribution in [2.24, 2.45) is 0 Å². The van der Waals surface area contributed by atoms with Crippen LogP contribution in [0.5, 0.6) is 0 Å². The van der Waals surface area contributed by atoms with Crippen molar-refractivity contribution in [3.05, 3.63) is 81.5 Å². The highest BCUT2D eigenvalue weighted by molar-refractivity contribution is 5.55. The summed E-state index contributed by atoms with van der Waals surface area (Å²) in [5, 5.41) is 0. The number of pyridine rings is 1. The Morgan fingerprint density at radius 2 is 1.66 bits per heavy atom. The molecule has 0 fully saturated rings. The van der Waals surface area contributed by atoms with Gasteiger partial charge in [0.05, 0.1) is 5.69 Å². The third-order valence-electron chi connectivity index (χ3n) is 5.52. The van der Waals surface area contributed by atoms with E-state index >= 15 is 0 Å². The second-order valence-corrected chi connectivity index (χ2v) is 7.81. The van der Waals surface area contributed by atoms with Gasteiger partial charge in [0.25, 0.3) is 5.56 Å². The number of H-pyrrole nitrogens is 1. The van der Waals surface area contributed by atoms with E-state index in [2.05, 4.69) is 58.2 Å². The molecule has 0 atom stereocenters. The zero-order chi connectivity index (χ0) is 20.1. The normalized spacial score (nSPS) is 13.4. The SMILES string of the molecule is CCCN(Cc1ccncc1)Cc1ccc(-c2nc3c(c(=O)[nH]2)CCCC3)cc1. The first-order valence-corrected chi connectivity index (χ1v) is 10.6. The first kappa shape index (κ1) is 19.5. The average molecular weight is 389 g/mol. The average Bonchev–Trinajstić information content (AvgIpc) is 2.75. The van der Waals surface area contributed by atoms with Crippen LogP contribution in [0.3, 0.4) is 0 Å². The smallest absolute Gasteiger partial charge is 0.254 e. The number of benzene rings is 1. The molecule has 1 aromatic carbocycles. The molecule has 0 amide bonds. The molecule has 150 valence electrons. The third kappa shape index (κ3) is 4.80. The minimum absolute atomic E-state index is 0.0280. The summed E-state index contributed by atoms with van der Waals surface area (Å²) in [4.78, 5) is 26.7. The standard InChI is InChI=1S/C24H28N4O/c1-2-15-28(17-19-11-13-25-14-12-19)16-18-7-9-20(10-8-18)23-26-22-6-4-3-5-21(22)24(29)27-23/h7-14H,2-6,15-17H2,1H3,(H,26,27,29).